The summed E-state index contributed by atoms with van der Waals surface area (Å²) in [7, 11) is 0. The maximum atomic E-state index is 12.4. The topological polar surface area (TPSA) is 58.2 Å². The number of aromatic amines is 1. The molecule has 5 heteroatoms. The monoisotopic (exact) mass is 245 g/mol. The largest absolute Gasteiger partial charge is 0.377 e. The number of aromatic nitrogens is 2. The molecule has 0 unspecified atom stereocenters. The second-order valence-corrected chi connectivity index (χ2v) is 4.59. The van der Waals surface area contributed by atoms with Gasteiger partial charge in [0.1, 0.15) is 0 Å². The number of ether oxygens (including phenoxy) is 1. The molecule has 5 nitrogen and oxygen atoms in total. The number of nitrogens with one attached hydrogen (secondary N) is 1. The van der Waals surface area contributed by atoms with E-state index in [-0.39, 0.29) is 11.9 Å². The van der Waals surface area contributed by atoms with E-state index in [0.29, 0.717) is 25.3 Å². The van der Waals surface area contributed by atoms with Gasteiger partial charge in [-0.15, -0.1) is 0 Å². The zero-order valence-electron chi connectivity index (χ0n) is 10.2. The highest BCUT2D eigenvalue weighted by atomic mass is 16.5. The summed E-state index contributed by atoms with van der Waals surface area (Å²) in [5.41, 5.74) is 1.59. The van der Waals surface area contributed by atoms with E-state index in [1.807, 2.05) is 30.0 Å². The Bertz CT molecular complexity index is 578. The molecule has 1 aromatic carbocycles. The average Bonchev–Trinajstić information content (AvgIpc) is 2.85. The lowest BCUT2D eigenvalue weighted by Crippen LogP contribution is -2.47. The third-order valence-electron chi connectivity index (χ3n) is 3.32. The van der Waals surface area contributed by atoms with E-state index in [0.717, 1.165) is 10.9 Å². The van der Waals surface area contributed by atoms with Gasteiger partial charge in [-0.3, -0.25) is 9.89 Å². The maximum Gasteiger partial charge on any atom is 0.254 e. The van der Waals surface area contributed by atoms with Crippen molar-refractivity contribution in [1.29, 1.82) is 0 Å². The molecule has 0 radical (unpaired) electrons. The van der Waals surface area contributed by atoms with E-state index in [2.05, 4.69) is 10.2 Å². The predicted molar refractivity (Wildman–Crippen MR) is 67.4 cm³/mol. The summed E-state index contributed by atoms with van der Waals surface area (Å²) in [6.07, 6.45) is 1.75. The van der Waals surface area contributed by atoms with Crippen molar-refractivity contribution in [1.82, 2.24) is 15.1 Å². The van der Waals surface area contributed by atoms with Gasteiger partial charge in [0, 0.05) is 17.5 Å². The summed E-state index contributed by atoms with van der Waals surface area (Å²) >= 11 is 0. The Morgan fingerprint density at radius 2 is 2.44 bits per heavy atom. The smallest absolute Gasteiger partial charge is 0.254 e. The zero-order chi connectivity index (χ0) is 12.5. The van der Waals surface area contributed by atoms with E-state index < -0.39 is 0 Å². The molecule has 0 spiro atoms. The molecule has 1 aliphatic rings. The average molecular weight is 245 g/mol. The highest BCUT2D eigenvalue weighted by Crippen LogP contribution is 2.16. The fraction of sp³-hybridized carbons (Fsp3) is 0.385. The van der Waals surface area contributed by atoms with E-state index in [9.17, 15) is 4.79 Å². The van der Waals surface area contributed by atoms with Crippen molar-refractivity contribution in [3.05, 3.63) is 30.0 Å². The molecule has 3 rings (SSSR count). The Labute approximate surface area is 105 Å². The van der Waals surface area contributed by atoms with Crippen LogP contribution < -0.4 is 0 Å². The number of fused-ring (bicyclic) bond motifs is 1. The molecule has 1 amide bonds. The van der Waals surface area contributed by atoms with Crippen LogP contribution in [0.15, 0.2) is 24.4 Å². The first-order valence-corrected chi connectivity index (χ1v) is 6.07. The van der Waals surface area contributed by atoms with Gasteiger partial charge in [0.05, 0.1) is 31.0 Å². The van der Waals surface area contributed by atoms with Crippen molar-refractivity contribution in [2.75, 3.05) is 19.8 Å². The van der Waals surface area contributed by atoms with Gasteiger partial charge in [-0.25, -0.2) is 0 Å². The molecule has 1 aromatic heterocycles. The molecule has 1 N–H and O–H groups in total. The molecule has 18 heavy (non-hydrogen) atoms. The highest BCUT2D eigenvalue weighted by Gasteiger charge is 2.24. The SMILES string of the molecule is C[C@@H]1COCCN1C(=O)c1ccc2cn[nH]c2c1. The number of H-pyrrole nitrogens is 1. The van der Waals surface area contributed by atoms with Gasteiger partial charge < -0.3 is 9.64 Å². The van der Waals surface area contributed by atoms with Gasteiger partial charge in [0.25, 0.3) is 5.91 Å². The van der Waals surface area contributed by atoms with Crippen LogP contribution >= 0.6 is 0 Å². The molecule has 2 aromatic rings. The van der Waals surface area contributed by atoms with Crippen LogP contribution in [0.1, 0.15) is 17.3 Å². The summed E-state index contributed by atoms with van der Waals surface area (Å²) in [5.74, 6) is 0.0577. The summed E-state index contributed by atoms with van der Waals surface area (Å²) in [6, 6.07) is 5.75. The van der Waals surface area contributed by atoms with Crippen LogP contribution in [-0.4, -0.2) is 46.8 Å². The standard InChI is InChI=1S/C13H15N3O2/c1-9-8-18-5-4-16(9)13(17)10-2-3-11-7-14-15-12(11)6-10/h2-3,6-7,9H,4-5,8H2,1H3,(H,14,15)/t9-/m1/s1. The fourth-order valence-electron chi connectivity index (χ4n) is 2.26. The van der Waals surface area contributed by atoms with Crippen molar-refractivity contribution in [3.63, 3.8) is 0 Å². The highest BCUT2D eigenvalue weighted by molar-refractivity contribution is 5.97. The predicted octanol–water partition coefficient (Wildman–Crippen LogP) is 1.42. The molecule has 1 saturated heterocycles. The first kappa shape index (κ1) is 11.2. The summed E-state index contributed by atoms with van der Waals surface area (Å²) in [5, 5.41) is 7.86. The van der Waals surface area contributed by atoms with Gasteiger partial charge in [-0.2, -0.15) is 5.10 Å². The number of benzene rings is 1. The van der Waals surface area contributed by atoms with Crippen LogP contribution in [-0.2, 0) is 4.74 Å². The van der Waals surface area contributed by atoms with Gasteiger partial charge in [0.2, 0.25) is 0 Å². The van der Waals surface area contributed by atoms with Crippen molar-refractivity contribution >= 4 is 16.8 Å². The lowest BCUT2D eigenvalue weighted by Gasteiger charge is -2.33. The van der Waals surface area contributed by atoms with E-state index in [4.69, 9.17) is 4.74 Å². The van der Waals surface area contributed by atoms with Crippen molar-refractivity contribution in [3.8, 4) is 0 Å². The van der Waals surface area contributed by atoms with Crippen LogP contribution in [0, 0.1) is 0 Å². The van der Waals surface area contributed by atoms with Gasteiger partial charge >= 0.3 is 0 Å². The zero-order valence-corrected chi connectivity index (χ0v) is 10.2. The first-order chi connectivity index (χ1) is 8.75. The normalized spacial score (nSPS) is 20.3. The Kier molecular flexibility index (Phi) is 2.76. The van der Waals surface area contributed by atoms with Gasteiger partial charge in [-0.05, 0) is 19.1 Å². The van der Waals surface area contributed by atoms with Crippen LogP contribution in [0.4, 0.5) is 0 Å². The van der Waals surface area contributed by atoms with E-state index >= 15 is 0 Å². The number of hydrogen-bond donors (Lipinski definition) is 1. The minimum absolute atomic E-state index is 0.0577. The first-order valence-electron chi connectivity index (χ1n) is 6.07. The molecule has 0 aliphatic carbocycles. The number of hydrogen-bond acceptors (Lipinski definition) is 3. The Hall–Kier alpha value is -1.88. The van der Waals surface area contributed by atoms with Crippen LogP contribution in [0.5, 0.6) is 0 Å². The molecule has 1 aliphatic heterocycles. The Morgan fingerprint density at radius 3 is 3.28 bits per heavy atom. The number of rotatable bonds is 1. The second-order valence-electron chi connectivity index (χ2n) is 4.59. The molecule has 2 heterocycles. The number of carbonyl (C=O) groups is 1. The fourth-order valence-corrected chi connectivity index (χ4v) is 2.26. The third kappa shape index (κ3) is 1.86. The van der Waals surface area contributed by atoms with Crippen LogP contribution in [0.2, 0.25) is 0 Å². The molecule has 1 fully saturated rings. The van der Waals surface area contributed by atoms with E-state index in [1.165, 1.54) is 0 Å². The van der Waals surface area contributed by atoms with Crippen molar-refractivity contribution < 1.29 is 9.53 Å². The van der Waals surface area contributed by atoms with Gasteiger partial charge in [0.15, 0.2) is 0 Å². The van der Waals surface area contributed by atoms with Crippen molar-refractivity contribution in [2.24, 2.45) is 0 Å². The molecular weight excluding hydrogens is 230 g/mol. The summed E-state index contributed by atoms with van der Waals surface area (Å²) in [4.78, 5) is 14.3. The summed E-state index contributed by atoms with van der Waals surface area (Å²) in [6.45, 7) is 3.88. The Balaban J connectivity index is 1.90. The maximum absolute atomic E-state index is 12.4. The Morgan fingerprint density at radius 1 is 1.56 bits per heavy atom. The summed E-state index contributed by atoms with van der Waals surface area (Å²) < 4.78 is 5.35. The third-order valence-corrected chi connectivity index (χ3v) is 3.32. The lowest BCUT2D eigenvalue weighted by molar-refractivity contribution is 0.00360. The van der Waals surface area contributed by atoms with E-state index in [1.54, 1.807) is 6.20 Å². The molecular formula is C13H15N3O2. The number of nitrogens with zero attached hydrogens (tertiary/aromatic N) is 2. The second kappa shape index (κ2) is 4.42. The number of morpholine rings is 1. The molecule has 0 saturated carbocycles. The minimum Gasteiger partial charge on any atom is -0.377 e. The van der Waals surface area contributed by atoms with Crippen LogP contribution in [0.25, 0.3) is 10.9 Å². The number of carbonyl (C=O) groups excluding carboxylic acids is 1. The van der Waals surface area contributed by atoms with Crippen LogP contribution in [0.3, 0.4) is 0 Å². The molecule has 0 bridgehead atoms. The quantitative estimate of drug-likeness (QED) is 0.826. The molecule has 1 atom stereocenters. The number of amides is 1. The lowest BCUT2D eigenvalue weighted by atomic mass is 10.1. The molecule has 94 valence electrons. The minimum atomic E-state index is 0.0577. The van der Waals surface area contributed by atoms with Gasteiger partial charge in [-0.1, -0.05) is 6.07 Å². The van der Waals surface area contributed by atoms with Crippen molar-refractivity contribution in [2.45, 2.75) is 13.0 Å².